The molecule has 7 heteroatoms. The Kier molecular flexibility index (Phi) is 9.13. The van der Waals surface area contributed by atoms with Gasteiger partial charge in [0.1, 0.15) is 23.4 Å². The zero-order chi connectivity index (χ0) is 26.0. The van der Waals surface area contributed by atoms with Gasteiger partial charge in [0.15, 0.2) is 6.61 Å². The van der Waals surface area contributed by atoms with Gasteiger partial charge in [-0.15, -0.1) is 0 Å². The number of carbonyl (C=O) groups is 2. The van der Waals surface area contributed by atoms with Crippen LogP contribution in [0, 0.1) is 5.82 Å². The second-order valence-corrected chi connectivity index (χ2v) is 9.27. The summed E-state index contributed by atoms with van der Waals surface area (Å²) in [5.74, 6) is 0.110. The van der Waals surface area contributed by atoms with E-state index in [0.717, 1.165) is 31.2 Å². The monoisotopic (exact) mass is 504 g/mol. The molecule has 1 atom stereocenters. The van der Waals surface area contributed by atoms with Crippen molar-refractivity contribution in [2.75, 3.05) is 13.7 Å². The third kappa shape index (κ3) is 7.32. The Labute approximate surface area is 217 Å². The Morgan fingerprint density at radius 2 is 1.59 bits per heavy atom. The number of amides is 2. The standard InChI is InChI=1S/C30H33FN2O4/c1-36-25-15-17-26(18-16-25)37-21-29(34)33(20-23-11-5-8-14-27(23)31)28(19-22-9-3-2-4-10-22)30(35)32-24-12-6-7-13-24/h2-5,8-11,14-18,24,28H,6-7,12-13,19-21H2,1H3,(H,32,35). The molecule has 0 heterocycles. The molecule has 3 aromatic rings. The molecule has 1 aliphatic rings. The van der Waals surface area contributed by atoms with Gasteiger partial charge in [-0.1, -0.05) is 61.4 Å². The molecule has 1 fully saturated rings. The highest BCUT2D eigenvalue weighted by atomic mass is 19.1. The van der Waals surface area contributed by atoms with Crippen LogP contribution in [-0.4, -0.2) is 42.5 Å². The van der Waals surface area contributed by atoms with Gasteiger partial charge in [-0.3, -0.25) is 9.59 Å². The lowest BCUT2D eigenvalue weighted by Crippen LogP contribution is -2.53. The molecule has 0 spiro atoms. The Balaban J connectivity index is 1.60. The van der Waals surface area contributed by atoms with Crippen molar-refractivity contribution < 1.29 is 23.5 Å². The van der Waals surface area contributed by atoms with E-state index < -0.39 is 17.8 Å². The number of halogens is 1. The van der Waals surface area contributed by atoms with Crippen LogP contribution in [0.25, 0.3) is 0 Å². The highest BCUT2D eigenvalue weighted by Crippen LogP contribution is 2.21. The van der Waals surface area contributed by atoms with E-state index in [2.05, 4.69) is 5.32 Å². The van der Waals surface area contributed by atoms with Gasteiger partial charge in [-0.05, 0) is 48.7 Å². The van der Waals surface area contributed by atoms with Crippen molar-refractivity contribution in [1.82, 2.24) is 10.2 Å². The predicted molar refractivity (Wildman–Crippen MR) is 140 cm³/mol. The molecule has 0 aliphatic heterocycles. The van der Waals surface area contributed by atoms with Gasteiger partial charge in [-0.2, -0.15) is 0 Å². The maximum atomic E-state index is 14.7. The first-order valence-corrected chi connectivity index (χ1v) is 12.7. The van der Waals surface area contributed by atoms with Gasteiger partial charge in [-0.25, -0.2) is 4.39 Å². The summed E-state index contributed by atoms with van der Waals surface area (Å²) in [5.41, 5.74) is 1.25. The third-order valence-corrected chi connectivity index (χ3v) is 6.69. The van der Waals surface area contributed by atoms with Crippen molar-refractivity contribution >= 4 is 11.8 Å². The lowest BCUT2D eigenvalue weighted by molar-refractivity contribution is -0.143. The van der Waals surface area contributed by atoms with E-state index in [1.165, 1.54) is 11.0 Å². The number of rotatable bonds is 11. The molecule has 1 aliphatic carbocycles. The molecule has 0 saturated heterocycles. The second-order valence-electron chi connectivity index (χ2n) is 9.27. The minimum atomic E-state index is -0.824. The third-order valence-electron chi connectivity index (χ3n) is 6.69. The number of nitrogens with zero attached hydrogens (tertiary/aromatic N) is 1. The fraction of sp³-hybridized carbons (Fsp3) is 0.333. The van der Waals surface area contributed by atoms with Gasteiger partial charge in [0.25, 0.3) is 5.91 Å². The predicted octanol–water partition coefficient (Wildman–Crippen LogP) is 4.91. The molecule has 2 amide bonds. The minimum absolute atomic E-state index is 0.0485. The Morgan fingerprint density at radius 3 is 2.27 bits per heavy atom. The van der Waals surface area contributed by atoms with E-state index in [-0.39, 0.29) is 25.1 Å². The largest absolute Gasteiger partial charge is 0.497 e. The van der Waals surface area contributed by atoms with Crippen LogP contribution in [0.1, 0.15) is 36.8 Å². The maximum absolute atomic E-state index is 14.7. The van der Waals surface area contributed by atoms with E-state index in [1.54, 1.807) is 49.6 Å². The first-order chi connectivity index (χ1) is 18.0. The Morgan fingerprint density at radius 1 is 0.946 bits per heavy atom. The molecule has 0 radical (unpaired) electrons. The molecule has 6 nitrogen and oxygen atoms in total. The highest BCUT2D eigenvalue weighted by Gasteiger charge is 2.32. The summed E-state index contributed by atoms with van der Waals surface area (Å²) >= 11 is 0. The molecule has 194 valence electrons. The first-order valence-electron chi connectivity index (χ1n) is 12.7. The Bertz CT molecular complexity index is 1160. The molecule has 37 heavy (non-hydrogen) atoms. The first kappa shape index (κ1) is 26.2. The van der Waals surface area contributed by atoms with Crippen LogP contribution < -0.4 is 14.8 Å². The van der Waals surface area contributed by atoms with Gasteiger partial charge >= 0.3 is 0 Å². The molecule has 4 rings (SSSR count). The van der Waals surface area contributed by atoms with Gasteiger partial charge < -0.3 is 19.7 Å². The lowest BCUT2D eigenvalue weighted by Gasteiger charge is -2.32. The molecule has 1 unspecified atom stereocenters. The van der Waals surface area contributed by atoms with Crippen molar-refractivity contribution in [2.24, 2.45) is 0 Å². The Hall–Kier alpha value is -3.87. The van der Waals surface area contributed by atoms with Crippen molar-refractivity contribution in [2.45, 2.75) is 50.7 Å². The number of carbonyl (C=O) groups excluding carboxylic acids is 2. The van der Waals surface area contributed by atoms with Crippen LogP contribution in [0.5, 0.6) is 11.5 Å². The fourth-order valence-electron chi connectivity index (χ4n) is 4.63. The molecule has 0 aromatic heterocycles. The van der Waals surface area contributed by atoms with Crippen molar-refractivity contribution in [3.05, 3.63) is 95.8 Å². The maximum Gasteiger partial charge on any atom is 0.261 e. The summed E-state index contributed by atoms with van der Waals surface area (Å²) in [4.78, 5) is 28.7. The van der Waals surface area contributed by atoms with Crippen LogP contribution in [0.3, 0.4) is 0 Å². The highest BCUT2D eigenvalue weighted by molar-refractivity contribution is 5.88. The van der Waals surface area contributed by atoms with E-state index in [0.29, 0.717) is 23.5 Å². The summed E-state index contributed by atoms with van der Waals surface area (Å²) in [5, 5.41) is 3.14. The average Bonchev–Trinajstić information content (AvgIpc) is 3.44. The number of nitrogens with one attached hydrogen (secondary N) is 1. The average molecular weight is 505 g/mol. The fourth-order valence-corrected chi connectivity index (χ4v) is 4.63. The molecule has 0 bridgehead atoms. The SMILES string of the molecule is COc1ccc(OCC(=O)N(Cc2ccccc2F)C(Cc2ccccc2)C(=O)NC2CCCC2)cc1. The van der Waals surface area contributed by atoms with Gasteiger partial charge in [0, 0.05) is 24.6 Å². The van der Waals surface area contributed by atoms with Crippen LogP contribution in [0.15, 0.2) is 78.9 Å². The van der Waals surface area contributed by atoms with Crippen molar-refractivity contribution in [3.63, 3.8) is 0 Å². The minimum Gasteiger partial charge on any atom is -0.497 e. The quantitative estimate of drug-likeness (QED) is 0.403. The smallest absolute Gasteiger partial charge is 0.261 e. The molecule has 1 saturated carbocycles. The number of ether oxygens (including phenoxy) is 2. The lowest BCUT2D eigenvalue weighted by atomic mass is 10.0. The summed E-state index contributed by atoms with van der Waals surface area (Å²) < 4.78 is 25.6. The van der Waals surface area contributed by atoms with Crippen LogP contribution in [-0.2, 0) is 22.6 Å². The molecule has 1 N–H and O–H groups in total. The zero-order valence-corrected chi connectivity index (χ0v) is 21.1. The summed E-state index contributed by atoms with van der Waals surface area (Å²) in [6.07, 6.45) is 4.29. The number of methoxy groups -OCH3 is 1. The van der Waals surface area contributed by atoms with E-state index >= 15 is 0 Å². The van der Waals surface area contributed by atoms with E-state index in [9.17, 15) is 14.0 Å². The summed E-state index contributed by atoms with van der Waals surface area (Å²) in [6, 6.07) is 22.0. The van der Waals surface area contributed by atoms with Crippen LogP contribution in [0.2, 0.25) is 0 Å². The summed E-state index contributed by atoms with van der Waals surface area (Å²) in [7, 11) is 1.57. The summed E-state index contributed by atoms with van der Waals surface area (Å²) in [6.45, 7) is -0.337. The molecular weight excluding hydrogens is 471 g/mol. The van der Waals surface area contributed by atoms with E-state index in [4.69, 9.17) is 9.47 Å². The van der Waals surface area contributed by atoms with E-state index in [1.807, 2.05) is 30.3 Å². The topological polar surface area (TPSA) is 67.9 Å². The normalized spacial score (nSPS) is 14.1. The number of hydrogen-bond acceptors (Lipinski definition) is 4. The molecule has 3 aromatic carbocycles. The van der Waals surface area contributed by atoms with Crippen LogP contribution in [0.4, 0.5) is 4.39 Å². The number of benzene rings is 3. The van der Waals surface area contributed by atoms with Gasteiger partial charge in [0.2, 0.25) is 5.91 Å². The van der Waals surface area contributed by atoms with Crippen molar-refractivity contribution in [1.29, 1.82) is 0 Å². The molecular formula is C30H33FN2O4. The van der Waals surface area contributed by atoms with Crippen LogP contribution >= 0.6 is 0 Å². The second kappa shape index (κ2) is 12.9. The number of hydrogen-bond donors (Lipinski definition) is 1. The van der Waals surface area contributed by atoms with Gasteiger partial charge in [0.05, 0.1) is 7.11 Å². The zero-order valence-electron chi connectivity index (χ0n) is 21.1. The van der Waals surface area contributed by atoms with Crippen molar-refractivity contribution in [3.8, 4) is 11.5 Å².